The highest BCUT2D eigenvalue weighted by Crippen LogP contribution is 2.43. The third-order valence-corrected chi connectivity index (χ3v) is 4.42. The highest BCUT2D eigenvalue weighted by molar-refractivity contribution is 5.33. The molecule has 0 spiro atoms. The quantitative estimate of drug-likeness (QED) is 0.868. The molecule has 1 aromatic carbocycles. The minimum atomic E-state index is -0.103. The molecule has 2 rings (SSSR count). The Morgan fingerprint density at radius 2 is 2.06 bits per heavy atom. The summed E-state index contributed by atoms with van der Waals surface area (Å²) in [6.45, 7) is 5.02. The second-order valence-electron chi connectivity index (χ2n) is 6.18. The van der Waals surface area contributed by atoms with E-state index >= 15 is 0 Å². The summed E-state index contributed by atoms with van der Waals surface area (Å²) >= 11 is 0. The molecule has 1 fully saturated rings. The van der Waals surface area contributed by atoms with Crippen LogP contribution in [0.1, 0.15) is 44.2 Å². The van der Waals surface area contributed by atoms with Crippen molar-refractivity contribution in [3.05, 3.63) is 35.4 Å². The van der Waals surface area contributed by atoms with E-state index < -0.39 is 0 Å². The maximum absolute atomic E-state index is 5.98. The van der Waals surface area contributed by atoms with Gasteiger partial charge in [-0.1, -0.05) is 30.7 Å². The van der Waals surface area contributed by atoms with E-state index in [9.17, 15) is 0 Å². The molecule has 0 atom stereocenters. The monoisotopic (exact) mass is 247 g/mol. The van der Waals surface area contributed by atoms with Gasteiger partial charge >= 0.3 is 0 Å². The molecule has 0 aromatic heterocycles. The van der Waals surface area contributed by atoms with E-state index in [0.717, 1.165) is 13.0 Å². The Morgan fingerprint density at radius 1 is 1.33 bits per heavy atom. The van der Waals surface area contributed by atoms with Crippen molar-refractivity contribution in [3.63, 3.8) is 0 Å². The first kappa shape index (κ1) is 13.6. The number of benzene rings is 1. The molecule has 2 heteroatoms. The van der Waals surface area contributed by atoms with Crippen LogP contribution in [0.2, 0.25) is 0 Å². The van der Waals surface area contributed by atoms with Crippen LogP contribution in [0.25, 0.3) is 0 Å². The molecule has 0 bridgehead atoms. The Hall–Kier alpha value is -0.860. The zero-order valence-electron chi connectivity index (χ0n) is 11.8. The van der Waals surface area contributed by atoms with Crippen molar-refractivity contribution in [3.8, 4) is 0 Å². The van der Waals surface area contributed by atoms with Gasteiger partial charge in [-0.05, 0) is 37.8 Å². The predicted molar refractivity (Wildman–Crippen MR) is 75.8 cm³/mol. The number of hydrogen-bond donors (Lipinski definition) is 1. The Morgan fingerprint density at radius 3 is 2.56 bits per heavy atom. The molecule has 0 amide bonds. The van der Waals surface area contributed by atoms with E-state index in [4.69, 9.17) is 10.5 Å². The Labute approximate surface area is 111 Å². The molecule has 0 radical (unpaired) electrons. The lowest BCUT2D eigenvalue weighted by Crippen LogP contribution is -2.41. The first-order chi connectivity index (χ1) is 8.51. The molecule has 0 saturated heterocycles. The second kappa shape index (κ2) is 5.02. The zero-order chi connectivity index (χ0) is 13.2. The first-order valence-corrected chi connectivity index (χ1v) is 6.86. The maximum atomic E-state index is 5.98. The smallest absolute Gasteiger partial charge is 0.0662 e. The molecule has 2 nitrogen and oxygen atoms in total. The third kappa shape index (κ3) is 2.60. The molecule has 1 aromatic rings. The fourth-order valence-electron chi connectivity index (χ4n) is 2.79. The number of rotatable bonds is 5. The van der Waals surface area contributed by atoms with Gasteiger partial charge in [0.05, 0.1) is 5.60 Å². The Kier molecular flexibility index (Phi) is 3.79. The van der Waals surface area contributed by atoms with Crippen molar-refractivity contribution in [1.29, 1.82) is 0 Å². The van der Waals surface area contributed by atoms with Crippen LogP contribution >= 0.6 is 0 Å². The van der Waals surface area contributed by atoms with E-state index in [1.165, 1.54) is 30.4 Å². The number of ether oxygens (including phenoxy) is 1. The van der Waals surface area contributed by atoms with Gasteiger partial charge in [-0.3, -0.25) is 0 Å². The summed E-state index contributed by atoms with van der Waals surface area (Å²) in [5.74, 6) is 0. The average Bonchev–Trinajstić information content (AvgIpc) is 2.28. The van der Waals surface area contributed by atoms with Crippen molar-refractivity contribution in [1.82, 2.24) is 0 Å². The third-order valence-electron chi connectivity index (χ3n) is 4.42. The molecule has 0 aliphatic heterocycles. The van der Waals surface area contributed by atoms with E-state index in [-0.39, 0.29) is 11.0 Å². The number of methoxy groups -OCH3 is 1. The molecule has 18 heavy (non-hydrogen) atoms. The maximum Gasteiger partial charge on any atom is 0.0662 e. The van der Waals surface area contributed by atoms with Crippen LogP contribution in [0, 0.1) is 0 Å². The van der Waals surface area contributed by atoms with Crippen molar-refractivity contribution < 1.29 is 4.74 Å². The normalized spacial score (nSPS) is 18.4. The van der Waals surface area contributed by atoms with Crippen LogP contribution in [0.5, 0.6) is 0 Å². The van der Waals surface area contributed by atoms with Crippen molar-refractivity contribution >= 4 is 0 Å². The minimum absolute atomic E-state index is 0.103. The Bertz CT molecular complexity index is 402. The van der Waals surface area contributed by atoms with Crippen LogP contribution in [0.15, 0.2) is 24.3 Å². The van der Waals surface area contributed by atoms with Gasteiger partial charge in [-0.2, -0.15) is 0 Å². The van der Waals surface area contributed by atoms with Crippen LogP contribution in [0.4, 0.5) is 0 Å². The van der Waals surface area contributed by atoms with E-state index in [1.807, 2.05) is 0 Å². The molecule has 100 valence electrons. The number of nitrogens with two attached hydrogens (primary N) is 1. The average molecular weight is 247 g/mol. The molecular formula is C16H25NO. The fourth-order valence-corrected chi connectivity index (χ4v) is 2.79. The summed E-state index contributed by atoms with van der Waals surface area (Å²) in [5.41, 5.74) is 8.90. The molecule has 1 aliphatic rings. The zero-order valence-corrected chi connectivity index (χ0v) is 11.8. The van der Waals surface area contributed by atoms with E-state index in [1.54, 1.807) is 7.11 Å². The van der Waals surface area contributed by atoms with Gasteiger partial charge in [0.1, 0.15) is 0 Å². The van der Waals surface area contributed by atoms with E-state index in [2.05, 4.69) is 38.1 Å². The largest absolute Gasteiger partial charge is 0.378 e. The summed E-state index contributed by atoms with van der Waals surface area (Å²) in [5, 5.41) is 0. The van der Waals surface area contributed by atoms with Crippen molar-refractivity contribution in [2.45, 2.75) is 50.5 Å². The van der Waals surface area contributed by atoms with Gasteiger partial charge in [0, 0.05) is 25.5 Å². The molecule has 0 unspecified atom stereocenters. The highest BCUT2D eigenvalue weighted by Gasteiger charge is 2.37. The van der Waals surface area contributed by atoms with Gasteiger partial charge in [0.25, 0.3) is 0 Å². The van der Waals surface area contributed by atoms with E-state index in [0.29, 0.717) is 0 Å². The summed E-state index contributed by atoms with van der Waals surface area (Å²) in [4.78, 5) is 0. The van der Waals surface area contributed by atoms with Crippen LogP contribution < -0.4 is 5.73 Å². The molecule has 2 N–H and O–H groups in total. The van der Waals surface area contributed by atoms with Crippen molar-refractivity contribution in [2.24, 2.45) is 5.73 Å². The van der Waals surface area contributed by atoms with Gasteiger partial charge in [0.2, 0.25) is 0 Å². The summed E-state index contributed by atoms with van der Waals surface area (Å²) in [6.07, 6.45) is 4.73. The first-order valence-electron chi connectivity index (χ1n) is 6.86. The van der Waals surface area contributed by atoms with Gasteiger partial charge < -0.3 is 10.5 Å². The standard InChI is InChI=1S/C16H25NO/c1-15(2,18-3)11-13-6-4-7-14(10-13)16(12-17)8-5-9-16/h4,6-7,10H,5,8-9,11-12,17H2,1-3H3. The SMILES string of the molecule is COC(C)(C)Cc1cccc(C2(CN)CCC2)c1. The van der Waals surface area contributed by atoms with Gasteiger partial charge in [-0.25, -0.2) is 0 Å². The molecular weight excluding hydrogens is 222 g/mol. The lowest BCUT2D eigenvalue weighted by Gasteiger charge is -2.42. The molecule has 0 heterocycles. The fraction of sp³-hybridized carbons (Fsp3) is 0.625. The van der Waals surface area contributed by atoms with Gasteiger partial charge in [-0.15, -0.1) is 0 Å². The highest BCUT2D eigenvalue weighted by atomic mass is 16.5. The summed E-state index contributed by atoms with van der Waals surface area (Å²) < 4.78 is 5.51. The predicted octanol–water partition coefficient (Wildman–Crippen LogP) is 3.03. The van der Waals surface area contributed by atoms with Crippen LogP contribution in [0.3, 0.4) is 0 Å². The number of hydrogen-bond acceptors (Lipinski definition) is 2. The van der Waals surface area contributed by atoms with Crippen LogP contribution in [-0.2, 0) is 16.6 Å². The summed E-state index contributed by atoms with van der Waals surface area (Å²) in [7, 11) is 1.77. The lowest BCUT2D eigenvalue weighted by atomic mass is 9.64. The Balaban J connectivity index is 2.20. The van der Waals surface area contributed by atoms with Crippen LogP contribution in [-0.4, -0.2) is 19.3 Å². The molecule has 1 saturated carbocycles. The topological polar surface area (TPSA) is 35.2 Å². The summed E-state index contributed by atoms with van der Waals surface area (Å²) in [6, 6.07) is 8.90. The van der Waals surface area contributed by atoms with Crippen molar-refractivity contribution in [2.75, 3.05) is 13.7 Å². The lowest BCUT2D eigenvalue weighted by molar-refractivity contribution is 0.0231. The minimum Gasteiger partial charge on any atom is -0.378 e. The van der Waals surface area contributed by atoms with Gasteiger partial charge in [0.15, 0.2) is 0 Å². The molecule has 1 aliphatic carbocycles. The second-order valence-corrected chi connectivity index (χ2v) is 6.18.